The predicted octanol–water partition coefficient (Wildman–Crippen LogP) is 1.74. The number of thiazole rings is 1. The molecule has 2 aliphatic rings. The van der Waals surface area contributed by atoms with Gasteiger partial charge in [-0.2, -0.15) is 0 Å². The van der Waals surface area contributed by atoms with Crippen molar-refractivity contribution in [3.05, 3.63) is 15.6 Å². The first kappa shape index (κ1) is 16.2. The van der Waals surface area contributed by atoms with Crippen molar-refractivity contribution >= 4 is 23.3 Å². The third-order valence-electron chi connectivity index (χ3n) is 4.74. The molecule has 1 aliphatic carbocycles. The van der Waals surface area contributed by atoms with Crippen LogP contribution in [0, 0.1) is 6.92 Å². The van der Waals surface area contributed by atoms with Gasteiger partial charge in [-0.25, -0.2) is 9.78 Å². The minimum absolute atomic E-state index is 0.00169. The van der Waals surface area contributed by atoms with Crippen LogP contribution in [-0.4, -0.2) is 59.9 Å². The summed E-state index contributed by atoms with van der Waals surface area (Å²) < 4.78 is 0. The van der Waals surface area contributed by atoms with Crippen LogP contribution in [0.2, 0.25) is 0 Å². The van der Waals surface area contributed by atoms with Gasteiger partial charge in [0.15, 0.2) is 0 Å². The summed E-state index contributed by atoms with van der Waals surface area (Å²) in [7, 11) is 3.57. The van der Waals surface area contributed by atoms with Crippen molar-refractivity contribution in [2.45, 2.75) is 44.6 Å². The van der Waals surface area contributed by atoms with E-state index in [2.05, 4.69) is 10.3 Å². The molecule has 1 aliphatic heterocycles. The van der Waals surface area contributed by atoms with Crippen molar-refractivity contribution in [1.29, 1.82) is 0 Å². The summed E-state index contributed by atoms with van der Waals surface area (Å²) in [4.78, 5) is 33.7. The minimum atomic E-state index is -0.376. The number of aromatic nitrogens is 1. The highest BCUT2D eigenvalue weighted by molar-refractivity contribution is 7.11. The number of urea groups is 1. The maximum atomic E-state index is 12.4. The Morgan fingerprint density at radius 3 is 2.96 bits per heavy atom. The Morgan fingerprint density at radius 1 is 1.48 bits per heavy atom. The molecule has 126 valence electrons. The Bertz CT molecular complexity index is 615. The molecule has 1 saturated heterocycles. The minimum Gasteiger partial charge on any atom is -0.344 e. The Labute approximate surface area is 140 Å². The molecule has 7 heteroatoms. The van der Waals surface area contributed by atoms with E-state index in [0.717, 1.165) is 24.3 Å². The lowest BCUT2D eigenvalue weighted by Gasteiger charge is -2.27. The van der Waals surface area contributed by atoms with Crippen LogP contribution < -0.4 is 5.32 Å². The SMILES string of the molecule is Cc1nc2c(s1)CCCC2CN(C)C(=O)NC1CCN(C)C1=O. The second-order valence-electron chi connectivity index (χ2n) is 6.56. The quantitative estimate of drug-likeness (QED) is 0.914. The van der Waals surface area contributed by atoms with E-state index in [1.54, 1.807) is 35.2 Å². The predicted molar refractivity (Wildman–Crippen MR) is 89.7 cm³/mol. The summed E-state index contributed by atoms with van der Waals surface area (Å²) >= 11 is 1.78. The molecule has 0 radical (unpaired) electrons. The second-order valence-corrected chi connectivity index (χ2v) is 7.85. The summed E-state index contributed by atoms with van der Waals surface area (Å²) in [6.45, 7) is 3.40. The van der Waals surface area contributed by atoms with Gasteiger partial charge in [-0.15, -0.1) is 11.3 Å². The van der Waals surface area contributed by atoms with E-state index >= 15 is 0 Å². The number of carbonyl (C=O) groups excluding carboxylic acids is 2. The summed E-state index contributed by atoms with van der Waals surface area (Å²) in [5, 5.41) is 3.96. The number of carbonyl (C=O) groups is 2. The molecular weight excluding hydrogens is 312 g/mol. The zero-order valence-electron chi connectivity index (χ0n) is 14.0. The van der Waals surface area contributed by atoms with E-state index in [9.17, 15) is 9.59 Å². The average molecular weight is 336 g/mol. The van der Waals surface area contributed by atoms with Crippen LogP contribution in [0.1, 0.15) is 40.8 Å². The highest BCUT2D eigenvalue weighted by Gasteiger charge is 2.32. The number of amides is 3. The van der Waals surface area contributed by atoms with E-state index < -0.39 is 0 Å². The van der Waals surface area contributed by atoms with E-state index in [4.69, 9.17) is 0 Å². The molecule has 6 nitrogen and oxygen atoms in total. The number of hydrogen-bond donors (Lipinski definition) is 1. The highest BCUT2D eigenvalue weighted by Crippen LogP contribution is 2.34. The molecule has 2 heterocycles. The molecule has 0 saturated carbocycles. The molecular formula is C16H24N4O2S. The van der Waals surface area contributed by atoms with Crippen molar-refractivity contribution in [3.8, 4) is 0 Å². The molecule has 1 aromatic heterocycles. The Morgan fingerprint density at radius 2 is 2.26 bits per heavy atom. The highest BCUT2D eigenvalue weighted by atomic mass is 32.1. The zero-order valence-corrected chi connectivity index (χ0v) is 14.8. The number of nitrogens with zero attached hydrogens (tertiary/aromatic N) is 3. The van der Waals surface area contributed by atoms with Gasteiger partial charge in [0.25, 0.3) is 0 Å². The van der Waals surface area contributed by atoms with Gasteiger partial charge in [0.1, 0.15) is 6.04 Å². The van der Waals surface area contributed by atoms with E-state index in [0.29, 0.717) is 25.4 Å². The monoisotopic (exact) mass is 336 g/mol. The Kier molecular flexibility index (Phi) is 4.57. The normalized spacial score (nSPS) is 23.8. The molecule has 0 aromatic carbocycles. The zero-order chi connectivity index (χ0) is 16.6. The van der Waals surface area contributed by atoms with E-state index in [-0.39, 0.29) is 18.0 Å². The number of likely N-dealkylation sites (N-methyl/N-ethyl adjacent to an activating group) is 2. The van der Waals surface area contributed by atoms with Crippen LogP contribution in [0.3, 0.4) is 0 Å². The number of hydrogen-bond acceptors (Lipinski definition) is 4. The number of fused-ring (bicyclic) bond motifs is 1. The van der Waals surface area contributed by atoms with Crippen molar-refractivity contribution in [1.82, 2.24) is 20.1 Å². The molecule has 2 unspecified atom stereocenters. The van der Waals surface area contributed by atoms with Crippen LogP contribution in [-0.2, 0) is 11.2 Å². The number of nitrogens with one attached hydrogen (secondary N) is 1. The van der Waals surface area contributed by atoms with Crippen LogP contribution >= 0.6 is 11.3 Å². The lowest BCUT2D eigenvalue weighted by Crippen LogP contribution is -2.47. The third-order valence-corrected chi connectivity index (χ3v) is 5.79. The molecule has 1 fully saturated rings. The fourth-order valence-corrected chi connectivity index (χ4v) is 4.50. The maximum absolute atomic E-state index is 12.4. The van der Waals surface area contributed by atoms with E-state index in [1.807, 2.05) is 6.92 Å². The maximum Gasteiger partial charge on any atom is 0.317 e. The summed E-state index contributed by atoms with van der Waals surface area (Å²) in [5.74, 6) is 0.309. The largest absolute Gasteiger partial charge is 0.344 e. The summed E-state index contributed by atoms with van der Waals surface area (Å²) in [5.41, 5.74) is 1.18. The second kappa shape index (κ2) is 6.47. The first-order valence-electron chi connectivity index (χ1n) is 8.18. The van der Waals surface area contributed by atoms with Gasteiger partial charge in [0, 0.05) is 38.0 Å². The Hall–Kier alpha value is -1.63. The van der Waals surface area contributed by atoms with Crippen LogP contribution in [0.5, 0.6) is 0 Å². The molecule has 3 rings (SSSR count). The fourth-order valence-electron chi connectivity index (χ4n) is 3.44. The molecule has 0 bridgehead atoms. The lowest BCUT2D eigenvalue weighted by molar-refractivity contribution is -0.128. The van der Waals surface area contributed by atoms with Crippen molar-refractivity contribution in [2.24, 2.45) is 0 Å². The van der Waals surface area contributed by atoms with Crippen LogP contribution in [0.25, 0.3) is 0 Å². The van der Waals surface area contributed by atoms with Gasteiger partial charge in [-0.3, -0.25) is 4.79 Å². The molecule has 1 aromatic rings. The van der Waals surface area contributed by atoms with Crippen LogP contribution in [0.15, 0.2) is 0 Å². The molecule has 0 spiro atoms. The first-order chi connectivity index (χ1) is 11.0. The van der Waals surface area contributed by atoms with Crippen molar-refractivity contribution < 1.29 is 9.59 Å². The summed E-state index contributed by atoms with van der Waals surface area (Å²) in [6.07, 6.45) is 4.02. The van der Waals surface area contributed by atoms with Gasteiger partial charge in [0.2, 0.25) is 5.91 Å². The Balaban J connectivity index is 1.60. The van der Waals surface area contributed by atoms with Gasteiger partial charge in [-0.05, 0) is 32.6 Å². The molecule has 3 amide bonds. The first-order valence-corrected chi connectivity index (χ1v) is 9.00. The third kappa shape index (κ3) is 3.34. The van der Waals surface area contributed by atoms with Crippen LogP contribution in [0.4, 0.5) is 4.79 Å². The fraction of sp³-hybridized carbons (Fsp3) is 0.688. The number of likely N-dealkylation sites (tertiary alicyclic amines) is 1. The van der Waals surface area contributed by atoms with Gasteiger partial charge >= 0.3 is 6.03 Å². The average Bonchev–Trinajstić information content (AvgIpc) is 3.04. The number of rotatable bonds is 3. The molecule has 2 atom stereocenters. The topological polar surface area (TPSA) is 65.5 Å². The van der Waals surface area contributed by atoms with E-state index in [1.165, 1.54) is 10.6 Å². The van der Waals surface area contributed by atoms with Gasteiger partial charge in [0.05, 0.1) is 10.7 Å². The molecule has 23 heavy (non-hydrogen) atoms. The van der Waals surface area contributed by atoms with Crippen molar-refractivity contribution in [3.63, 3.8) is 0 Å². The smallest absolute Gasteiger partial charge is 0.317 e. The van der Waals surface area contributed by atoms with Gasteiger partial charge < -0.3 is 15.1 Å². The standard InChI is InChI=1S/C16H24N4O2S/c1-10-17-14-11(5-4-6-13(14)23-10)9-20(3)16(22)18-12-7-8-19(2)15(12)21/h11-12H,4-9H2,1-3H3,(H,18,22). The lowest BCUT2D eigenvalue weighted by atomic mass is 9.90. The summed E-state index contributed by atoms with van der Waals surface area (Å²) in [6, 6.07) is -0.545. The number of aryl methyl sites for hydroxylation is 2. The van der Waals surface area contributed by atoms with Gasteiger partial charge in [-0.1, -0.05) is 0 Å². The molecule has 1 N–H and O–H groups in total. The van der Waals surface area contributed by atoms with Crippen molar-refractivity contribution in [2.75, 3.05) is 27.2 Å².